The first-order chi connectivity index (χ1) is 13.2. The lowest BCUT2D eigenvalue weighted by Gasteiger charge is -2.12. The van der Waals surface area contributed by atoms with E-state index < -0.39 is 0 Å². The summed E-state index contributed by atoms with van der Waals surface area (Å²) in [6.07, 6.45) is 1.81. The van der Waals surface area contributed by atoms with Crippen LogP contribution in [0.5, 0.6) is 17.2 Å². The van der Waals surface area contributed by atoms with Gasteiger partial charge in [-0.1, -0.05) is 15.9 Å². The van der Waals surface area contributed by atoms with Crippen molar-refractivity contribution in [2.24, 2.45) is 0 Å². The molecule has 0 aliphatic rings. The van der Waals surface area contributed by atoms with Gasteiger partial charge in [0.25, 0.3) is 0 Å². The van der Waals surface area contributed by atoms with E-state index in [1.807, 2.05) is 24.3 Å². The Labute approximate surface area is 166 Å². The van der Waals surface area contributed by atoms with Gasteiger partial charge >= 0.3 is 0 Å². The van der Waals surface area contributed by atoms with Crippen molar-refractivity contribution in [3.05, 3.63) is 52.7 Å². The highest BCUT2D eigenvalue weighted by Crippen LogP contribution is 2.33. The lowest BCUT2D eigenvalue weighted by Crippen LogP contribution is -2.11. The van der Waals surface area contributed by atoms with Gasteiger partial charge in [-0.25, -0.2) is 0 Å². The Morgan fingerprint density at radius 1 is 0.963 bits per heavy atom. The van der Waals surface area contributed by atoms with E-state index in [2.05, 4.69) is 15.9 Å². The minimum atomic E-state index is -0.191. The molecule has 0 aliphatic heterocycles. The second-order valence-corrected chi connectivity index (χ2v) is 6.72. The topological polar surface area (TPSA) is 57.9 Å². The molecular formula is C21H21BrO5. The third kappa shape index (κ3) is 4.27. The van der Waals surface area contributed by atoms with Crippen LogP contribution in [-0.4, -0.2) is 26.2 Å². The monoisotopic (exact) mass is 432 g/mol. The summed E-state index contributed by atoms with van der Waals surface area (Å²) in [5.41, 5.74) is 1.01. The van der Waals surface area contributed by atoms with Gasteiger partial charge in [-0.15, -0.1) is 0 Å². The standard InChI is InChI=1S/C21H21BrO5/c1-24-15-7-5-14(6-8-15)20-21(26-12-4-3-11-22)19(23)17-10-9-16(25-2)13-18(17)27-20/h5-10,13H,3-4,11-12H2,1-2H3. The Balaban J connectivity index is 2.12. The Hall–Kier alpha value is -2.47. The molecule has 0 radical (unpaired) electrons. The highest BCUT2D eigenvalue weighted by Gasteiger charge is 2.18. The van der Waals surface area contributed by atoms with Gasteiger partial charge in [0.2, 0.25) is 11.2 Å². The molecule has 0 aliphatic carbocycles. The molecule has 142 valence electrons. The van der Waals surface area contributed by atoms with Crippen LogP contribution in [0.4, 0.5) is 0 Å². The summed E-state index contributed by atoms with van der Waals surface area (Å²) in [5.74, 6) is 1.98. The van der Waals surface area contributed by atoms with Gasteiger partial charge in [-0.3, -0.25) is 4.79 Å². The van der Waals surface area contributed by atoms with E-state index in [9.17, 15) is 4.79 Å². The van der Waals surface area contributed by atoms with Crippen LogP contribution in [0.2, 0.25) is 0 Å². The molecule has 0 amide bonds. The van der Waals surface area contributed by atoms with E-state index >= 15 is 0 Å². The molecule has 0 unspecified atom stereocenters. The van der Waals surface area contributed by atoms with Gasteiger partial charge in [0.1, 0.15) is 17.1 Å². The number of alkyl halides is 1. The van der Waals surface area contributed by atoms with Crippen LogP contribution in [0.15, 0.2) is 51.7 Å². The van der Waals surface area contributed by atoms with Crippen LogP contribution in [0.1, 0.15) is 12.8 Å². The summed E-state index contributed by atoms with van der Waals surface area (Å²) in [6.45, 7) is 0.446. The Bertz CT molecular complexity index is 963. The van der Waals surface area contributed by atoms with Crippen LogP contribution in [-0.2, 0) is 0 Å². The molecule has 1 heterocycles. The maximum atomic E-state index is 13.0. The summed E-state index contributed by atoms with van der Waals surface area (Å²) in [4.78, 5) is 13.0. The van der Waals surface area contributed by atoms with E-state index in [4.69, 9.17) is 18.6 Å². The summed E-state index contributed by atoms with van der Waals surface area (Å²) in [6, 6.07) is 12.5. The van der Waals surface area contributed by atoms with Crippen molar-refractivity contribution in [1.82, 2.24) is 0 Å². The Morgan fingerprint density at radius 2 is 1.67 bits per heavy atom. The molecule has 0 spiro atoms. The van der Waals surface area contributed by atoms with Crippen molar-refractivity contribution < 1.29 is 18.6 Å². The van der Waals surface area contributed by atoms with Crippen LogP contribution >= 0.6 is 15.9 Å². The van der Waals surface area contributed by atoms with Gasteiger partial charge in [0.05, 0.1) is 26.2 Å². The number of methoxy groups -OCH3 is 2. The highest BCUT2D eigenvalue weighted by atomic mass is 79.9. The number of benzene rings is 2. The zero-order valence-corrected chi connectivity index (χ0v) is 16.9. The lowest BCUT2D eigenvalue weighted by molar-refractivity contribution is 0.302. The summed E-state index contributed by atoms with van der Waals surface area (Å²) >= 11 is 3.40. The zero-order valence-electron chi connectivity index (χ0n) is 15.3. The lowest BCUT2D eigenvalue weighted by atomic mass is 10.1. The van der Waals surface area contributed by atoms with Crippen molar-refractivity contribution in [1.29, 1.82) is 0 Å². The van der Waals surface area contributed by atoms with Crippen LogP contribution < -0.4 is 19.6 Å². The van der Waals surface area contributed by atoms with Crippen LogP contribution in [0, 0.1) is 0 Å². The molecule has 2 aromatic carbocycles. The summed E-state index contributed by atoms with van der Waals surface area (Å²) in [7, 11) is 3.18. The first-order valence-electron chi connectivity index (χ1n) is 8.66. The Kier molecular flexibility index (Phi) is 6.40. The average Bonchev–Trinajstić information content (AvgIpc) is 2.72. The predicted octanol–water partition coefficient (Wildman–Crippen LogP) is 5.03. The fraction of sp³-hybridized carbons (Fsp3) is 0.286. The van der Waals surface area contributed by atoms with Crippen molar-refractivity contribution >= 4 is 26.9 Å². The van der Waals surface area contributed by atoms with E-state index in [0.29, 0.717) is 29.1 Å². The smallest absolute Gasteiger partial charge is 0.235 e. The number of hydrogen-bond donors (Lipinski definition) is 0. The van der Waals surface area contributed by atoms with E-state index in [0.717, 1.165) is 29.5 Å². The number of halogens is 1. The number of ether oxygens (including phenoxy) is 3. The van der Waals surface area contributed by atoms with Crippen LogP contribution in [0.3, 0.4) is 0 Å². The minimum Gasteiger partial charge on any atom is -0.497 e. The highest BCUT2D eigenvalue weighted by molar-refractivity contribution is 9.09. The fourth-order valence-electron chi connectivity index (χ4n) is 2.72. The summed E-state index contributed by atoms with van der Waals surface area (Å²) < 4.78 is 22.4. The third-order valence-electron chi connectivity index (χ3n) is 4.18. The van der Waals surface area contributed by atoms with Gasteiger partial charge < -0.3 is 18.6 Å². The van der Waals surface area contributed by atoms with Gasteiger partial charge in [0, 0.05) is 17.0 Å². The number of unbranched alkanes of at least 4 members (excludes halogenated alkanes) is 1. The van der Waals surface area contributed by atoms with Crippen molar-refractivity contribution in [3.63, 3.8) is 0 Å². The Morgan fingerprint density at radius 3 is 2.33 bits per heavy atom. The molecule has 3 aromatic rings. The third-order valence-corrected chi connectivity index (χ3v) is 4.75. The molecule has 6 heteroatoms. The molecule has 1 aromatic heterocycles. The maximum Gasteiger partial charge on any atom is 0.235 e. The zero-order chi connectivity index (χ0) is 19.2. The number of fused-ring (bicyclic) bond motifs is 1. The number of rotatable bonds is 8. The van der Waals surface area contributed by atoms with Gasteiger partial charge in [-0.05, 0) is 49.2 Å². The van der Waals surface area contributed by atoms with E-state index in [1.165, 1.54) is 0 Å². The molecule has 3 rings (SSSR count). The van der Waals surface area contributed by atoms with Gasteiger partial charge in [-0.2, -0.15) is 0 Å². The molecule has 0 saturated carbocycles. The van der Waals surface area contributed by atoms with Crippen molar-refractivity contribution in [2.75, 3.05) is 26.2 Å². The first-order valence-corrected chi connectivity index (χ1v) is 9.78. The average molecular weight is 433 g/mol. The predicted molar refractivity (Wildman–Crippen MR) is 110 cm³/mol. The molecular weight excluding hydrogens is 412 g/mol. The molecule has 0 fully saturated rings. The van der Waals surface area contributed by atoms with E-state index in [1.54, 1.807) is 32.4 Å². The normalized spacial score (nSPS) is 10.8. The second kappa shape index (κ2) is 8.95. The summed E-state index contributed by atoms with van der Waals surface area (Å²) in [5, 5.41) is 1.36. The molecule has 0 saturated heterocycles. The SMILES string of the molecule is COc1ccc(-c2oc3cc(OC)ccc3c(=O)c2OCCCCBr)cc1. The van der Waals surface area contributed by atoms with E-state index in [-0.39, 0.29) is 11.2 Å². The second-order valence-electron chi connectivity index (χ2n) is 5.92. The number of hydrogen-bond acceptors (Lipinski definition) is 5. The van der Waals surface area contributed by atoms with Gasteiger partial charge in [0.15, 0.2) is 5.76 Å². The largest absolute Gasteiger partial charge is 0.497 e. The molecule has 27 heavy (non-hydrogen) atoms. The molecule has 0 N–H and O–H groups in total. The van der Waals surface area contributed by atoms with Crippen molar-refractivity contribution in [2.45, 2.75) is 12.8 Å². The van der Waals surface area contributed by atoms with Crippen molar-refractivity contribution in [3.8, 4) is 28.6 Å². The fourth-order valence-corrected chi connectivity index (χ4v) is 3.11. The minimum absolute atomic E-state index is 0.191. The maximum absolute atomic E-state index is 13.0. The molecule has 5 nitrogen and oxygen atoms in total. The quantitative estimate of drug-likeness (QED) is 0.368. The molecule has 0 atom stereocenters. The molecule has 0 bridgehead atoms. The van der Waals surface area contributed by atoms with Crippen LogP contribution in [0.25, 0.3) is 22.3 Å². The first kappa shape index (κ1) is 19.3.